The van der Waals surface area contributed by atoms with Crippen molar-refractivity contribution in [1.29, 1.82) is 0 Å². The minimum atomic E-state index is -4.52. The van der Waals surface area contributed by atoms with Crippen LogP contribution in [-0.4, -0.2) is 60.5 Å². The summed E-state index contributed by atoms with van der Waals surface area (Å²) in [4.78, 5) is 12.4. The number of carbonyl (C=O) groups excluding carboxylic acids is 1. The SMILES string of the molecule is CS(=O)(=O)N1CCC(C(=O)NCC(F)(F)F)(n2cccn2)CC1. The summed E-state index contributed by atoms with van der Waals surface area (Å²) in [7, 11) is -3.41. The molecule has 1 aromatic rings. The fourth-order valence-corrected chi connectivity index (χ4v) is 3.46. The molecule has 0 aromatic carbocycles. The van der Waals surface area contributed by atoms with Crippen LogP contribution in [0.3, 0.4) is 0 Å². The number of carbonyl (C=O) groups is 1. The Hall–Kier alpha value is -1.62. The first-order valence-electron chi connectivity index (χ1n) is 6.85. The second-order valence-corrected chi connectivity index (χ2v) is 7.42. The Bertz CT molecular complexity index is 650. The van der Waals surface area contributed by atoms with Crippen LogP contribution in [0, 0.1) is 0 Å². The van der Waals surface area contributed by atoms with Gasteiger partial charge in [-0.2, -0.15) is 18.3 Å². The molecule has 0 atom stereocenters. The molecular formula is C12H17F3N4O3S. The molecule has 23 heavy (non-hydrogen) atoms. The second-order valence-electron chi connectivity index (χ2n) is 5.44. The van der Waals surface area contributed by atoms with Gasteiger partial charge >= 0.3 is 6.18 Å². The number of piperidine rings is 1. The summed E-state index contributed by atoms with van der Waals surface area (Å²) >= 11 is 0. The molecular weight excluding hydrogens is 337 g/mol. The lowest BCUT2D eigenvalue weighted by molar-refractivity contribution is -0.145. The summed E-state index contributed by atoms with van der Waals surface area (Å²) < 4.78 is 62.7. The van der Waals surface area contributed by atoms with Gasteiger partial charge in [-0.1, -0.05) is 0 Å². The first-order chi connectivity index (χ1) is 10.5. The van der Waals surface area contributed by atoms with Crippen LogP contribution >= 0.6 is 0 Å². The molecule has 11 heteroatoms. The number of rotatable bonds is 4. The van der Waals surface area contributed by atoms with Crippen molar-refractivity contribution in [3.63, 3.8) is 0 Å². The molecule has 1 saturated heterocycles. The van der Waals surface area contributed by atoms with E-state index in [9.17, 15) is 26.4 Å². The van der Waals surface area contributed by atoms with Gasteiger partial charge in [-0.25, -0.2) is 12.7 Å². The van der Waals surface area contributed by atoms with Crippen LogP contribution in [0.15, 0.2) is 18.5 Å². The minimum absolute atomic E-state index is 0.0398. The average Bonchev–Trinajstić information content (AvgIpc) is 2.97. The van der Waals surface area contributed by atoms with Crippen molar-refractivity contribution in [2.75, 3.05) is 25.9 Å². The van der Waals surface area contributed by atoms with Gasteiger partial charge in [0.25, 0.3) is 0 Å². The molecule has 1 fully saturated rings. The van der Waals surface area contributed by atoms with E-state index in [1.807, 2.05) is 5.32 Å². The van der Waals surface area contributed by atoms with Crippen molar-refractivity contribution in [2.24, 2.45) is 0 Å². The fraction of sp³-hybridized carbons (Fsp3) is 0.667. The third-order valence-corrected chi connectivity index (χ3v) is 5.14. The highest BCUT2D eigenvalue weighted by atomic mass is 32.2. The first-order valence-corrected chi connectivity index (χ1v) is 8.70. The molecule has 0 unspecified atom stereocenters. The van der Waals surface area contributed by atoms with E-state index in [0.29, 0.717) is 0 Å². The Kier molecular flexibility index (Phi) is 4.71. The zero-order valence-corrected chi connectivity index (χ0v) is 13.2. The lowest BCUT2D eigenvalue weighted by atomic mass is 9.87. The maximum Gasteiger partial charge on any atom is 0.405 e. The molecule has 130 valence electrons. The number of aromatic nitrogens is 2. The maximum atomic E-state index is 12.4. The highest BCUT2D eigenvalue weighted by Gasteiger charge is 2.46. The Labute approximate surface area is 131 Å². The van der Waals surface area contributed by atoms with Crippen molar-refractivity contribution in [3.8, 4) is 0 Å². The summed E-state index contributed by atoms with van der Waals surface area (Å²) in [5.41, 5.74) is -1.32. The van der Waals surface area contributed by atoms with Crippen LogP contribution in [-0.2, 0) is 20.4 Å². The van der Waals surface area contributed by atoms with Crippen LogP contribution in [0.5, 0.6) is 0 Å². The van der Waals surface area contributed by atoms with Crippen LogP contribution in [0.25, 0.3) is 0 Å². The predicted octanol–water partition coefficient (Wildman–Crippen LogP) is 0.312. The summed E-state index contributed by atoms with van der Waals surface area (Å²) in [6, 6.07) is 1.56. The Morgan fingerprint density at radius 1 is 1.35 bits per heavy atom. The molecule has 1 aromatic heterocycles. The summed E-state index contributed by atoms with van der Waals surface area (Å²) in [6.07, 6.45) is -0.464. The molecule has 0 aliphatic carbocycles. The Balaban J connectivity index is 2.21. The van der Waals surface area contributed by atoms with E-state index in [4.69, 9.17) is 0 Å². The smallest absolute Gasteiger partial charge is 0.345 e. The molecule has 2 heterocycles. The van der Waals surface area contributed by atoms with Gasteiger partial charge in [0.05, 0.1) is 6.26 Å². The van der Waals surface area contributed by atoms with Crippen molar-refractivity contribution in [3.05, 3.63) is 18.5 Å². The largest absolute Gasteiger partial charge is 0.405 e. The van der Waals surface area contributed by atoms with Gasteiger partial charge in [-0.05, 0) is 18.9 Å². The maximum absolute atomic E-state index is 12.4. The summed E-state index contributed by atoms with van der Waals surface area (Å²) in [5.74, 6) is -0.813. The third-order valence-electron chi connectivity index (χ3n) is 3.83. The van der Waals surface area contributed by atoms with Gasteiger partial charge in [-0.3, -0.25) is 9.48 Å². The van der Waals surface area contributed by atoms with Gasteiger partial charge in [-0.15, -0.1) is 0 Å². The zero-order valence-electron chi connectivity index (χ0n) is 12.4. The van der Waals surface area contributed by atoms with Crippen LogP contribution in [0.2, 0.25) is 0 Å². The number of halogens is 3. The van der Waals surface area contributed by atoms with E-state index >= 15 is 0 Å². The highest BCUT2D eigenvalue weighted by molar-refractivity contribution is 7.88. The Morgan fingerprint density at radius 3 is 2.39 bits per heavy atom. The van der Waals surface area contributed by atoms with Crippen molar-refractivity contribution in [1.82, 2.24) is 19.4 Å². The van der Waals surface area contributed by atoms with Gasteiger partial charge in [0.2, 0.25) is 15.9 Å². The van der Waals surface area contributed by atoms with E-state index in [1.165, 1.54) is 21.4 Å². The van der Waals surface area contributed by atoms with Crippen LogP contribution < -0.4 is 5.32 Å². The fourth-order valence-electron chi connectivity index (χ4n) is 2.62. The van der Waals surface area contributed by atoms with E-state index < -0.39 is 34.2 Å². The van der Waals surface area contributed by atoms with Gasteiger partial charge in [0, 0.05) is 25.5 Å². The number of amides is 1. The van der Waals surface area contributed by atoms with Gasteiger partial charge < -0.3 is 5.32 Å². The lowest BCUT2D eigenvalue weighted by Gasteiger charge is -2.39. The molecule has 1 amide bonds. The minimum Gasteiger partial charge on any atom is -0.345 e. The molecule has 1 N–H and O–H groups in total. The molecule has 7 nitrogen and oxygen atoms in total. The zero-order chi connectivity index (χ0) is 17.3. The van der Waals surface area contributed by atoms with E-state index in [0.717, 1.165) is 6.26 Å². The van der Waals surface area contributed by atoms with Gasteiger partial charge in [0.15, 0.2) is 0 Å². The van der Waals surface area contributed by atoms with E-state index in [2.05, 4.69) is 5.10 Å². The Morgan fingerprint density at radius 2 is 1.96 bits per heavy atom. The molecule has 1 aliphatic rings. The highest BCUT2D eigenvalue weighted by Crippen LogP contribution is 2.31. The molecule has 1 aliphatic heterocycles. The number of nitrogens with one attached hydrogen (secondary N) is 1. The third kappa shape index (κ3) is 4.02. The van der Waals surface area contributed by atoms with Crippen molar-refractivity contribution in [2.45, 2.75) is 24.6 Å². The molecule has 0 spiro atoms. The number of nitrogens with zero attached hydrogens (tertiary/aromatic N) is 3. The van der Waals surface area contributed by atoms with Crippen LogP contribution in [0.1, 0.15) is 12.8 Å². The number of alkyl halides is 3. The van der Waals surface area contributed by atoms with E-state index in [-0.39, 0.29) is 25.9 Å². The number of hydrogen-bond acceptors (Lipinski definition) is 4. The van der Waals surface area contributed by atoms with Gasteiger partial charge in [0.1, 0.15) is 12.1 Å². The standard InChI is InChI=1S/C12H17F3N4O3S/c1-23(21,22)18-7-3-11(4-8-18,19-6-2-5-17-19)10(20)16-9-12(13,14)15/h2,5-6H,3-4,7-9H2,1H3,(H,16,20). The average molecular weight is 354 g/mol. The predicted molar refractivity (Wildman–Crippen MR) is 74.9 cm³/mol. The molecule has 0 saturated carbocycles. The normalized spacial score (nSPS) is 19.5. The second kappa shape index (κ2) is 6.11. The van der Waals surface area contributed by atoms with E-state index in [1.54, 1.807) is 6.07 Å². The first kappa shape index (κ1) is 17.7. The topological polar surface area (TPSA) is 84.3 Å². The summed E-state index contributed by atoms with van der Waals surface area (Å²) in [5, 5.41) is 5.85. The van der Waals surface area contributed by atoms with Crippen LogP contribution in [0.4, 0.5) is 13.2 Å². The molecule has 0 bridgehead atoms. The number of sulfonamides is 1. The monoisotopic (exact) mass is 354 g/mol. The quantitative estimate of drug-likeness (QED) is 0.844. The van der Waals surface area contributed by atoms with Crippen molar-refractivity contribution >= 4 is 15.9 Å². The summed E-state index contributed by atoms with van der Waals surface area (Å²) in [6.45, 7) is -1.36. The lowest BCUT2D eigenvalue weighted by Crippen LogP contribution is -2.57. The van der Waals surface area contributed by atoms with Crippen molar-refractivity contribution < 1.29 is 26.4 Å². The number of hydrogen-bond donors (Lipinski definition) is 1. The molecule has 2 rings (SSSR count). The molecule has 0 radical (unpaired) electrons.